The van der Waals surface area contributed by atoms with Gasteiger partial charge >= 0.3 is 5.97 Å². The van der Waals surface area contributed by atoms with E-state index < -0.39 is 0 Å². The van der Waals surface area contributed by atoms with Gasteiger partial charge in [0, 0.05) is 9.73 Å². The average molecular weight is 176 g/mol. The van der Waals surface area contributed by atoms with Crippen LogP contribution in [-0.2, 0) is 9.53 Å². The maximum atomic E-state index is 10.6. The summed E-state index contributed by atoms with van der Waals surface area (Å²) in [6.45, 7) is 1.70. The molecule has 4 heteroatoms. The molecule has 0 aliphatic carbocycles. The second-order valence-corrected chi connectivity index (χ2v) is 2.84. The molecule has 56 valence electrons. The summed E-state index contributed by atoms with van der Waals surface area (Å²) >= 11 is 9.51. The molecule has 10 heavy (non-hydrogen) atoms. The van der Waals surface area contributed by atoms with E-state index in [0.717, 1.165) is 0 Å². The van der Waals surface area contributed by atoms with Crippen LogP contribution >= 0.6 is 24.4 Å². The maximum Gasteiger partial charge on any atom is 0.310 e. The van der Waals surface area contributed by atoms with Crippen molar-refractivity contribution in [2.75, 3.05) is 7.11 Å². The molecule has 0 aromatic heterocycles. The van der Waals surface area contributed by atoms with Gasteiger partial charge in [0.25, 0.3) is 0 Å². The number of methoxy groups -OCH3 is 1. The predicted molar refractivity (Wildman–Crippen MR) is 47.5 cm³/mol. The van der Waals surface area contributed by atoms with Gasteiger partial charge in [-0.2, -0.15) is 0 Å². The Bertz CT molecular complexity index is 175. The smallest absolute Gasteiger partial charge is 0.310 e. The van der Waals surface area contributed by atoms with Crippen LogP contribution in [0.3, 0.4) is 0 Å². The summed E-state index contributed by atoms with van der Waals surface area (Å²) in [7, 11) is 1.32. The highest BCUT2D eigenvalue weighted by molar-refractivity contribution is 7.89. The fraction of sp³-hybridized carbons (Fsp3) is 0.500. The second kappa shape index (κ2) is 4.46. The van der Waals surface area contributed by atoms with E-state index in [0.29, 0.717) is 9.73 Å². The molecule has 0 radical (unpaired) electrons. The standard InChI is InChI=1S/C6H8O2S2/c1-4(9)5(10)3-6(7)8-2/h3H2,1-2H3. The average Bonchev–Trinajstić information content (AvgIpc) is 1.87. The number of carbonyl (C=O) groups excluding carboxylic acids is 1. The topological polar surface area (TPSA) is 26.3 Å². The monoisotopic (exact) mass is 176 g/mol. The largest absolute Gasteiger partial charge is 0.469 e. The van der Waals surface area contributed by atoms with Gasteiger partial charge < -0.3 is 4.74 Å². The van der Waals surface area contributed by atoms with Crippen LogP contribution in [0.1, 0.15) is 13.3 Å². The molecule has 2 nitrogen and oxygen atoms in total. The summed E-state index contributed by atoms with van der Waals surface area (Å²) in [5, 5.41) is 0. The van der Waals surface area contributed by atoms with Gasteiger partial charge in [0.05, 0.1) is 13.5 Å². The summed E-state index contributed by atoms with van der Waals surface area (Å²) < 4.78 is 4.38. The molecule has 0 aromatic rings. The molecule has 0 unspecified atom stereocenters. The molecule has 0 aliphatic rings. The van der Waals surface area contributed by atoms with Crippen molar-refractivity contribution in [3.05, 3.63) is 0 Å². The fourth-order valence-corrected chi connectivity index (χ4v) is 0.518. The quantitative estimate of drug-likeness (QED) is 0.478. The van der Waals surface area contributed by atoms with Crippen LogP contribution in [0.4, 0.5) is 0 Å². The maximum absolute atomic E-state index is 10.6. The zero-order chi connectivity index (χ0) is 8.15. The Morgan fingerprint density at radius 1 is 1.50 bits per heavy atom. The van der Waals surface area contributed by atoms with Gasteiger partial charge in [-0.05, 0) is 6.92 Å². The minimum absolute atomic E-state index is 0.126. The van der Waals surface area contributed by atoms with E-state index in [2.05, 4.69) is 4.74 Å². The Hall–Kier alpha value is -0.350. The first-order valence-electron chi connectivity index (χ1n) is 2.68. The zero-order valence-electron chi connectivity index (χ0n) is 5.84. The zero-order valence-corrected chi connectivity index (χ0v) is 7.47. The van der Waals surface area contributed by atoms with Crippen molar-refractivity contribution >= 4 is 40.1 Å². The van der Waals surface area contributed by atoms with E-state index in [1.165, 1.54) is 7.11 Å². The minimum Gasteiger partial charge on any atom is -0.469 e. The molecule has 0 heterocycles. The van der Waals surface area contributed by atoms with Crippen LogP contribution in [0.5, 0.6) is 0 Å². The first-order chi connectivity index (χ1) is 4.57. The molecule has 0 spiro atoms. The molecule has 0 saturated carbocycles. The molecule has 0 saturated heterocycles. The van der Waals surface area contributed by atoms with Crippen molar-refractivity contribution in [1.29, 1.82) is 0 Å². The summed E-state index contributed by atoms with van der Waals surface area (Å²) in [4.78, 5) is 11.6. The molecule has 0 N–H and O–H groups in total. The molecular formula is C6H8O2S2. The highest BCUT2D eigenvalue weighted by Crippen LogP contribution is 1.92. The van der Waals surface area contributed by atoms with Crippen LogP contribution in [0.2, 0.25) is 0 Å². The molecular weight excluding hydrogens is 168 g/mol. The van der Waals surface area contributed by atoms with E-state index in [-0.39, 0.29) is 12.4 Å². The van der Waals surface area contributed by atoms with Crippen LogP contribution < -0.4 is 0 Å². The van der Waals surface area contributed by atoms with E-state index >= 15 is 0 Å². The van der Waals surface area contributed by atoms with Crippen molar-refractivity contribution in [3.63, 3.8) is 0 Å². The third-order valence-electron chi connectivity index (χ3n) is 0.925. The summed E-state index contributed by atoms with van der Waals surface area (Å²) in [5.41, 5.74) is 0. The molecule has 0 aromatic carbocycles. The van der Waals surface area contributed by atoms with Crippen molar-refractivity contribution in [2.24, 2.45) is 0 Å². The molecule has 0 rings (SSSR count). The van der Waals surface area contributed by atoms with Gasteiger partial charge in [0.15, 0.2) is 0 Å². The van der Waals surface area contributed by atoms with E-state index in [9.17, 15) is 4.79 Å². The van der Waals surface area contributed by atoms with Gasteiger partial charge in [-0.15, -0.1) is 0 Å². The summed E-state index contributed by atoms with van der Waals surface area (Å²) in [6.07, 6.45) is 0.126. The van der Waals surface area contributed by atoms with Crippen LogP contribution in [-0.4, -0.2) is 22.8 Å². The molecule has 0 fully saturated rings. The second-order valence-electron chi connectivity index (χ2n) is 1.73. The van der Waals surface area contributed by atoms with E-state index in [1.807, 2.05) is 0 Å². The van der Waals surface area contributed by atoms with Gasteiger partial charge in [-0.1, -0.05) is 24.4 Å². The lowest BCUT2D eigenvalue weighted by atomic mass is 10.2. The first-order valence-corrected chi connectivity index (χ1v) is 3.50. The predicted octanol–water partition coefficient (Wildman–Crippen LogP) is 1.31. The van der Waals surface area contributed by atoms with Crippen LogP contribution in [0, 0.1) is 0 Å². The van der Waals surface area contributed by atoms with E-state index in [1.54, 1.807) is 6.92 Å². The van der Waals surface area contributed by atoms with Gasteiger partial charge in [-0.25, -0.2) is 0 Å². The van der Waals surface area contributed by atoms with Gasteiger partial charge in [0.2, 0.25) is 0 Å². The van der Waals surface area contributed by atoms with Gasteiger partial charge in [0.1, 0.15) is 0 Å². The molecule has 0 aliphatic heterocycles. The summed E-state index contributed by atoms with van der Waals surface area (Å²) in [6, 6.07) is 0. The third-order valence-corrected chi connectivity index (χ3v) is 1.75. The Labute approximate surface area is 70.6 Å². The number of hydrogen-bond donors (Lipinski definition) is 0. The number of hydrogen-bond acceptors (Lipinski definition) is 4. The number of ether oxygens (including phenoxy) is 1. The number of rotatable bonds is 3. The SMILES string of the molecule is COC(=O)CC(=S)C(C)=S. The Morgan fingerprint density at radius 2 is 2.00 bits per heavy atom. The lowest BCUT2D eigenvalue weighted by Crippen LogP contribution is -2.12. The van der Waals surface area contributed by atoms with Crippen LogP contribution in [0.25, 0.3) is 0 Å². The highest BCUT2D eigenvalue weighted by Gasteiger charge is 2.05. The molecule has 0 atom stereocenters. The normalized spacial score (nSPS) is 8.60. The number of thiocarbonyl (C=S) groups is 2. The fourth-order valence-electron chi connectivity index (χ4n) is 0.328. The summed E-state index contributed by atoms with van der Waals surface area (Å²) in [5.74, 6) is -0.339. The third kappa shape index (κ3) is 3.63. The molecule has 0 amide bonds. The van der Waals surface area contributed by atoms with Gasteiger partial charge in [-0.3, -0.25) is 4.79 Å². The Morgan fingerprint density at radius 3 is 2.30 bits per heavy atom. The first kappa shape index (κ1) is 9.65. The minimum atomic E-state index is -0.339. The lowest BCUT2D eigenvalue weighted by molar-refractivity contribution is -0.139. The van der Waals surface area contributed by atoms with Crippen molar-refractivity contribution in [2.45, 2.75) is 13.3 Å². The van der Waals surface area contributed by atoms with Crippen LogP contribution in [0.15, 0.2) is 0 Å². The van der Waals surface area contributed by atoms with Crippen molar-refractivity contribution < 1.29 is 9.53 Å². The van der Waals surface area contributed by atoms with Crippen molar-refractivity contribution in [1.82, 2.24) is 0 Å². The number of esters is 1. The number of carbonyl (C=O) groups is 1. The molecule has 0 bridgehead atoms. The van der Waals surface area contributed by atoms with Crippen molar-refractivity contribution in [3.8, 4) is 0 Å². The van der Waals surface area contributed by atoms with E-state index in [4.69, 9.17) is 24.4 Å². The Balaban J connectivity index is 3.80. The highest BCUT2D eigenvalue weighted by atomic mass is 32.1. The lowest BCUT2D eigenvalue weighted by Gasteiger charge is -1.97. The Kier molecular flexibility index (Phi) is 4.31.